The van der Waals surface area contributed by atoms with Crippen molar-refractivity contribution in [2.75, 3.05) is 0 Å². The number of nitrogens with zero attached hydrogens (tertiary/aromatic N) is 4. The normalized spacial score (nSPS) is 15.0. The van der Waals surface area contributed by atoms with Crippen LogP contribution in [0.25, 0.3) is 11.2 Å². The van der Waals surface area contributed by atoms with Gasteiger partial charge in [-0.2, -0.15) is 0 Å². The maximum atomic E-state index is 14.4. The largest absolute Gasteiger partial charge is 0.486 e. The lowest BCUT2D eigenvalue weighted by atomic mass is 9.75. The Morgan fingerprint density at radius 1 is 0.766 bits per heavy atom. The number of imide groups is 1. The molecule has 0 aliphatic carbocycles. The molecule has 2 aromatic heterocycles. The maximum absolute atomic E-state index is 14.4. The van der Waals surface area contributed by atoms with E-state index in [9.17, 15) is 9.59 Å². The van der Waals surface area contributed by atoms with Gasteiger partial charge in [0.25, 0.3) is 5.24 Å². The van der Waals surface area contributed by atoms with Gasteiger partial charge in [0, 0.05) is 12.7 Å². The Labute approximate surface area is 278 Å². The number of hydrogen-bond acceptors (Lipinski definition) is 6. The summed E-state index contributed by atoms with van der Waals surface area (Å²) in [5.41, 5.74) is 6.13. The Hall–Kier alpha value is -5.21. The number of pyridine rings is 1. The SMILES string of the molecule is Cc1cc(C)c2nc(COc3ccc(CC4SC(=O)N(C(c5ccccc5)(c5ccccc5)c5ccccc5)C4=O)cc3)n(C)c2n1. The molecule has 1 atom stereocenters. The van der Waals surface area contributed by atoms with Crippen molar-refractivity contribution >= 4 is 34.1 Å². The summed E-state index contributed by atoms with van der Waals surface area (Å²) < 4.78 is 8.07. The lowest BCUT2D eigenvalue weighted by molar-refractivity contribution is -0.129. The van der Waals surface area contributed by atoms with E-state index in [1.165, 1.54) is 4.90 Å². The minimum atomic E-state index is -1.13. The van der Waals surface area contributed by atoms with E-state index in [4.69, 9.17) is 9.72 Å². The number of hydrogen-bond donors (Lipinski definition) is 0. The van der Waals surface area contributed by atoms with Gasteiger partial charge in [0.15, 0.2) is 5.65 Å². The fourth-order valence-corrected chi connectivity index (χ4v) is 7.59. The number of aromatic nitrogens is 3. The summed E-state index contributed by atoms with van der Waals surface area (Å²) in [5, 5.41) is -0.831. The molecule has 0 saturated carbocycles. The molecule has 47 heavy (non-hydrogen) atoms. The van der Waals surface area contributed by atoms with Gasteiger partial charge in [-0.1, -0.05) is 115 Å². The van der Waals surface area contributed by atoms with Gasteiger partial charge in [-0.25, -0.2) is 9.97 Å². The molecule has 0 spiro atoms. The molecular weight excluding hydrogens is 605 g/mol. The summed E-state index contributed by atoms with van der Waals surface area (Å²) in [7, 11) is 1.95. The molecule has 234 valence electrons. The summed E-state index contributed by atoms with van der Waals surface area (Å²) in [5.74, 6) is 1.27. The molecule has 8 heteroatoms. The van der Waals surface area contributed by atoms with Crippen LogP contribution in [0.5, 0.6) is 5.75 Å². The minimum absolute atomic E-state index is 0.210. The third kappa shape index (κ3) is 5.48. The highest BCUT2D eigenvalue weighted by atomic mass is 32.2. The Morgan fingerprint density at radius 2 is 1.32 bits per heavy atom. The molecule has 1 unspecified atom stereocenters. The van der Waals surface area contributed by atoms with E-state index in [-0.39, 0.29) is 11.1 Å². The molecule has 0 radical (unpaired) electrons. The first kappa shape index (κ1) is 30.4. The molecular formula is C39H34N4O3S. The van der Waals surface area contributed by atoms with Gasteiger partial charge in [-0.05, 0) is 66.3 Å². The van der Waals surface area contributed by atoms with Gasteiger partial charge in [-0.3, -0.25) is 14.5 Å². The number of benzene rings is 4. The number of thioether (sulfide) groups is 1. The molecule has 1 aliphatic rings. The predicted octanol–water partition coefficient (Wildman–Crippen LogP) is 7.76. The number of carbonyl (C=O) groups is 2. The van der Waals surface area contributed by atoms with Crippen molar-refractivity contribution in [3.63, 3.8) is 0 Å². The van der Waals surface area contributed by atoms with Gasteiger partial charge in [0.05, 0.1) is 5.25 Å². The first-order chi connectivity index (χ1) is 22.9. The maximum Gasteiger partial charge on any atom is 0.290 e. The van der Waals surface area contributed by atoms with Gasteiger partial charge in [0.1, 0.15) is 29.2 Å². The smallest absolute Gasteiger partial charge is 0.290 e. The van der Waals surface area contributed by atoms with Crippen molar-refractivity contribution in [1.29, 1.82) is 0 Å². The van der Waals surface area contributed by atoms with Crippen molar-refractivity contribution in [3.05, 3.63) is 161 Å². The zero-order valence-corrected chi connectivity index (χ0v) is 27.3. The van der Waals surface area contributed by atoms with Crippen LogP contribution in [0.15, 0.2) is 121 Å². The Kier molecular flexibility index (Phi) is 8.12. The van der Waals surface area contributed by atoms with Crippen LogP contribution in [0.3, 0.4) is 0 Å². The van der Waals surface area contributed by atoms with Crippen LogP contribution in [0, 0.1) is 13.8 Å². The number of aryl methyl sites for hydroxylation is 3. The number of rotatable bonds is 9. The summed E-state index contributed by atoms with van der Waals surface area (Å²) in [6, 6.07) is 39.2. The average Bonchev–Trinajstić information content (AvgIpc) is 3.57. The molecule has 7 rings (SSSR count). The highest BCUT2D eigenvalue weighted by Gasteiger charge is 2.53. The van der Waals surface area contributed by atoms with E-state index < -0.39 is 10.8 Å². The predicted molar refractivity (Wildman–Crippen MR) is 185 cm³/mol. The number of imidazole rings is 1. The molecule has 3 heterocycles. The standard InChI is InChI=1S/C39H34N4O3S/c1-26-23-27(2)40-36-35(26)41-34(42(36)3)25-46-32-21-19-28(20-22-32)24-33-37(44)43(38(45)47-33)39(29-13-7-4-8-14-29,30-15-9-5-10-16-30)31-17-11-6-12-18-31/h4-23,33H,24-25H2,1-3H3. The first-order valence-corrected chi connectivity index (χ1v) is 16.5. The number of carbonyl (C=O) groups excluding carboxylic acids is 2. The highest BCUT2D eigenvalue weighted by Crippen LogP contribution is 2.47. The second kappa shape index (κ2) is 12.5. The third-order valence-corrected chi connectivity index (χ3v) is 9.82. The van der Waals surface area contributed by atoms with E-state index in [1.807, 2.05) is 147 Å². The lowest BCUT2D eigenvalue weighted by Crippen LogP contribution is -2.51. The van der Waals surface area contributed by atoms with E-state index in [1.54, 1.807) is 0 Å². The van der Waals surface area contributed by atoms with Crippen molar-refractivity contribution in [1.82, 2.24) is 19.4 Å². The van der Waals surface area contributed by atoms with Gasteiger partial charge >= 0.3 is 0 Å². The van der Waals surface area contributed by atoms with E-state index >= 15 is 0 Å². The van der Waals surface area contributed by atoms with Crippen molar-refractivity contribution in [3.8, 4) is 5.75 Å². The van der Waals surface area contributed by atoms with Crippen LogP contribution in [-0.4, -0.2) is 35.8 Å². The molecule has 4 aromatic carbocycles. The van der Waals surface area contributed by atoms with Crippen molar-refractivity contribution < 1.29 is 14.3 Å². The fraction of sp³-hybridized carbons (Fsp3) is 0.179. The van der Waals surface area contributed by atoms with E-state index in [0.29, 0.717) is 18.8 Å². The van der Waals surface area contributed by atoms with Crippen LogP contribution in [0.4, 0.5) is 4.79 Å². The Balaban J connectivity index is 1.14. The second-order valence-electron chi connectivity index (χ2n) is 11.8. The topological polar surface area (TPSA) is 77.3 Å². The average molecular weight is 639 g/mol. The molecule has 0 N–H and O–H groups in total. The molecule has 1 fully saturated rings. The van der Waals surface area contributed by atoms with Gasteiger partial charge in [-0.15, -0.1) is 0 Å². The summed E-state index contributed by atoms with van der Waals surface area (Å²) in [6.07, 6.45) is 0.412. The van der Waals surface area contributed by atoms with E-state index in [2.05, 4.69) is 4.98 Å². The highest BCUT2D eigenvalue weighted by molar-refractivity contribution is 8.15. The van der Waals surface area contributed by atoms with Gasteiger partial charge < -0.3 is 9.30 Å². The molecule has 0 bridgehead atoms. The second-order valence-corrected chi connectivity index (χ2v) is 13.0. The Bertz CT molecular complexity index is 1970. The van der Waals surface area contributed by atoms with Crippen LogP contribution >= 0.6 is 11.8 Å². The lowest BCUT2D eigenvalue weighted by Gasteiger charge is -2.42. The van der Waals surface area contributed by atoms with Crippen LogP contribution in [-0.2, 0) is 30.4 Å². The number of fused-ring (bicyclic) bond motifs is 1. The van der Waals surface area contributed by atoms with Crippen LogP contribution in [0.1, 0.15) is 39.3 Å². The minimum Gasteiger partial charge on any atom is -0.486 e. The van der Waals surface area contributed by atoms with Crippen molar-refractivity contribution in [2.45, 2.75) is 37.7 Å². The zero-order valence-electron chi connectivity index (χ0n) is 26.5. The molecule has 1 aliphatic heterocycles. The number of ether oxygens (including phenoxy) is 1. The Morgan fingerprint density at radius 3 is 1.87 bits per heavy atom. The van der Waals surface area contributed by atoms with Crippen molar-refractivity contribution in [2.24, 2.45) is 7.05 Å². The molecule has 1 saturated heterocycles. The van der Waals surface area contributed by atoms with E-state index in [0.717, 1.165) is 62.3 Å². The number of amides is 2. The van der Waals surface area contributed by atoms with Crippen LogP contribution in [0.2, 0.25) is 0 Å². The molecule has 7 nitrogen and oxygen atoms in total. The fourth-order valence-electron chi connectivity index (χ4n) is 6.54. The summed E-state index contributed by atoms with van der Waals surface area (Å²) in [6.45, 7) is 4.32. The summed E-state index contributed by atoms with van der Waals surface area (Å²) in [4.78, 5) is 39.3. The first-order valence-electron chi connectivity index (χ1n) is 15.6. The zero-order chi connectivity index (χ0) is 32.5. The van der Waals surface area contributed by atoms with Gasteiger partial charge in [0.2, 0.25) is 5.91 Å². The monoisotopic (exact) mass is 638 g/mol. The summed E-state index contributed by atoms with van der Waals surface area (Å²) >= 11 is 1.09. The van der Waals surface area contributed by atoms with Crippen LogP contribution < -0.4 is 4.74 Å². The quantitative estimate of drug-likeness (QED) is 0.151. The molecule has 2 amide bonds. The third-order valence-electron chi connectivity index (χ3n) is 8.78. The molecule has 6 aromatic rings.